The van der Waals surface area contributed by atoms with Crippen LogP contribution in [0.25, 0.3) is 0 Å². The molecule has 0 bridgehead atoms. The zero-order valence-corrected chi connectivity index (χ0v) is 10.8. The van der Waals surface area contributed by atoms with Gasteiger partial charge in [-0.05, 0) is 57.3 Å². The van der Waals surface area contributed by atoms with E-state index in [4.69, 9.17) is 0 Å². The summed E-state index contributed by atoms with van der Waals surface area (Å²) >= 11 is 0. The van der Waals surface area contributed by atoms with E-state index in [1.54, 1.807) is 0 Å². The maximum Gasteiger partial charge on any atom is 0.00191 e. The van der Waals surface area contributed by atoms with Gasteiger partial charge in [-0.25, -0.2) is 0 Å². The minimum Gasteiger partial charge on any atom is -0.317 e. The maximum absolute atomic E-state index is 3.44. The van der Waals surface area contributed by atoms with Crippen LogP contribution in [0.4, 0.5) is 0 Å². The molecule has 0 radical (unpaired) electrons. The Bertz CT molecular complexity index is 159. The Kier molecular flexibility index (Phi) is 6.26. The van der Waals surface area contributed by atoms with Gasteiger partial charge in [0.15, 0.2) is 0 Å². The van der Waals surface area contributed by atoms with Crippen LogP contribution in [0, 0.1) is 11.8 Å². The zero-order valence-electron chi connectivity index (χ0n) is 10.8. The summed E-state index contributed by atoms with van der Waals surface area (Å²) in [6.45, 7) is 13.1. The molecule has 0 aromatic carbocycles. The maximum atomic E-state index is 3.44. The number of rotatable bonds is 5. The standard InChI is InChI=1S/C13H28N2/c1-4-14-10-13(3)11-15-8-5-6-12(2)7-9-15/h12-14H,4-11H2,1-3H3. The Balaban J connectivity index is 2.18. The molecule has 2 heteroatoms. The summed E-state index contributed by atoms with van der Waals surface area (Å²) in [5.74, 6) is 1.73. The summed E-state index contributed by atoms with van der Waals surface area (Å²) in [5.41, 5.74) is 0. The molecule has 0 amide bonds. The molecule has 1 aliphatic heterocycles. The number of hydrogen-bond acceptors (Lipinski definition) is 2. The van der Waals surface area contributed by atoms with Gasteiger partial charge in [0.2, 0.25) is 0 Å². The van der Waals surface area contributed by atoms with Gasteiger partial charge in [0, 0.05) is 6.54 Å². The average Bonchev–Trinajstić information content (AvgIpc) is 2.41. The topological polar surface area (TPSA) is 15.3 Å². The Morgan fingerprint density at radius 3 is 2.87 bits per heavy atom. The lowest BCUT2D eigenvalue weighted by molar-refractivity contribution is 0.241. The van der Waals surface area contributed by atoms with E-state index in [1.807, 2.05) is 0 Å². The Hall–Kier alpha value is -0.0800. The van der Waals surface area contributed by atoms with Gasteiger partial charge in [0.25, 0.3) is 0 Å². The van der Waals surface area contributed by atoms with Crippen LogP contribution in [-0.2, 0) is 0 Å². The third-order valence-corrected chi connectivity index (χ3v) is 3.42. The van der Waals surface area contributed by atoms with E-state index in [0.29, 0.717) is 0 Å². The summed E-state index contributed by atoms with van der Waals surface area (Å²) in [5, 5.41) is 3.44. The molecule has 1 fully saturated rings. The van der Waals surface area contributed by atoms with E-state index in [-0.39, 0.29) is 0 Å². The van der Waals surface area contributed by atoms with Crippen molar-refractivity contribution in [3.8, 4) is 0 Å². The number of hydrogen-bond donors (Lipinski definition) is 1. The predicted molar refractivity (Wildman–Crippen MR) is 67.2 cm³/mol. The minimum atomic E-state index is 0.790. The normalized spacial score (nSPS) is 26.2. The van der Waals surface area contributed by atoms with Crippen molar-refractivity contribution in [1.82, 2.24) is 10.2 Å². The van der Waals surface area contributed by atoms with Crippen LogP contribution in [0.3, 0.4) is 0 Å². The molecular weight excluding hydrogens is 184 g/mol. The van der Waals surface area contributed by atoms with Crippen LogP contribution in [0.15, 0.2) is 0 Å². The van der Waals surface area contributed by atoms with Crippen molar-refractivity contribution in [2.45, 2.75) is 40.0 Å². The highest BCUT2D eigenvalue weighted by molar-refractivity contribution is 4.70. The van der Waals surface area contributed by atoms with E-state index in [1.165, 1.54) is 45.4 Å². The van der Waals surface area contributed by atoms with Gasteiger partial charge in [0.1, 0.15) is 0 Å². The van der Waals surface area contributed by atoms with Crippen molar-refractivity contribution in [2.24, 2.45) is 11.8 Å². The van der Waals surface area contributed by atoms with Gasteiger partial charge in [-0.3, -0.25) is 0 Å². The summed E-state index contributed by atoms with van der Waals surface area (Å²) < 4.78 is 0. The lowest BCUT2D eigenvalue weighted by Crippen LogP contribution is -2.34. The molecule has 1 aliphatic rings. The van der Waals surface area contributed by atoms with Crippen LogP contribution in [0.5, 0.6) is 0 Å². The van der Waals surface area contributed by atoms with Gasteiger partial charge < -0.3 is 10.2 Å². The first-order chi connectivity index (χ1) is 7.22. The van der Waals surface area contributed by atoms with E-state index >= 15 is 0 Å². The van der Waals surface area contributed by atoms with Crippen LogP contribution < -0.4 is 5.32 Å². The van der Waals surface area contributed by atoms with E-state index < -0.39 is 0 Å². The van der Waals surface area contributed by atoms with Crippen molar-refractivity contribution < 1.29 is 0 Å². The Morgan fingerprint density at radius 1 is 1.33 bits per heavy atom. The third-order valence-electron chi connectivity index (χ3n) is 3.42. The molecule has 1 saturated heterocycles. The van der Waals surface area contributed by atoms with Gasteiger partial charge in [-0.2, -0.15) is 0 Å². The molecule has 2 atom stereocenters. The molecule has 0 spiro atoms. The number of nitrogens with one attached hydrogen (secondary N) is 1. The lowest BCUT2D eigenvalue weighted by Gasteiger charge is -2.24. The molecule has 90 valence electrons. The van der Waals surface area contributed by atoms with Crippen molar-refractivity contribution in [3.63, 3.8) is 0 Å². The van der Waals surface area contributed by atoms with Crippen molar-refractivity contribution in [1.29, 1.82) is 0 Å². The molecule has 2 nitrogen and oxygen atoms in total. The highest BCUT2D eigenvalue weighted by Crippen LogP contribution is 2.17. The first-order valence-electron chi connectivity index (χ1n) is 6.65. The van der Waals surface area contributed by atoms with Gasteiger partial charge >= 0.3 is 0 Å². The van der Waals surface area contributed by atoms with E-state index in [9.17, 15) is 0 Å². The molecular formula is C13H28N2. The third kappa shape index (κ3) is 5.53. The van der Waals surface area contributed by atoms with Crippen molar-refractivity contribution >= 4 is 0 Å². The summed E-state index contributed by atoms with van der Waals surface area (Å²) in [6, 6.07) is 0. The quantitative estimate of drug-likeness (QED) is 0.752. The Morgan fingerprint density at radius 2 is 2.13 bits per heavy atom. The largest absolute Gasteiger partial charge is 0.317 e. The molecule has 0 aromatic heterocycles. The second-order valence-corrected chi connectivity index (χ2v) is 5.25. The smallest absolute Gasteiger partial charge is 0.00191 e. The second-order valence-electron chi connectivity index (χ2n) is 5.25. The molecule has 0 aromatic rings. The highest BCUT2D eigenvalue weighted by atomic mass is 15.1. The minimum absolute atomic E-state index is 0.790. The lowest BCUT2D eigenvalue weighted by atomic mass is 10.0. The Labute approximate surface area is 95.4 Å². The summed E-state index contributed by atoms with van der Waals surface area (Å²) in [6.07, 6.45) is 4.22. The first kappa shape index (κ1) is 13.0. The van der Waals surface area contributed by atoms with E-state index in [0.717, 1.165) is 18.4 Å². The molecule has 15 heavy (non-hydrogen) atoms. The van der Waals surface area contributed by atoms with Gasteiger partial charge in [-0.1, -0.05) is 20.8 Å². The van der Waals surface area contributed by atoms with Crippen molar-refractivity contribution in [2.75, 3.05) is 32.7 Å². The summed E-state index contributed by atoms with van der Waals surface area (Å²) in [7, 11) is 0. The van der Waals surface area contributed by atoms with Crippen LogP contribution >= 0.6 is 0 Å². The summed E-state index contributed by atoms with van der Waals surface area (Å²) in [4.78, 5) is 2.66. The number of likely N-dealkylation sites (tertiary alicyclic amines) is 1. The first-order valence-corrected chi connectivity index (χ1v) is 6.65. The molecule has 2 unspecified atom stereocenters. The fourth-order valence-electron chi connectivity index (χ4n) is 2.40. The van der Waals surface area contributed by atoms with Crippen LogP contribution in [-0.4, -0.2) is 37.6 Å². The predicted octanol–water partition coefficient (Wildman–Crippen LogP) is 2.35. The zero-order chi connectivity index (χ0) is 11.1. The second kappa shape index (κ2) is 7.24. The van der Waals surface area contributed by atoms with Crippen molar-refractivity contribution in [3.05, 3.63) is 0 Å². The SMILES string of the molecule is CCNCC(C)CN1CCCC(C)CC1. The number of nitrogens with zero attached hydrogens (tertiary/aromatic N) is 1. The highest BCUT2D eigenvalue weighted by Gasteiger charge is 2.15. The molecule has 1 N–H and O–H groups in total. The fourth-order valence-corrected chi connectivity index (χ4v) is 2.40. The van der Waals surface area contributed by atoms with Gasteiger partial charge in [-0.15, -0.1) is 0 Å². The van der Waals surface area contributed by atoms with Crippen LogP contribution in [0.1, 0.15) is 40.0 Å². The fraction of sp³-hybridized carbons (Fsp3) is 1.00. The monoisotopic (exact) mass is 212 g/mol. The van der Waals surface area contributed by atoms with E-state index in [2.05, 4.69) is 31.0 Å². The average molecular weight is 212 g/mol. The van der Waals surface area contributed by atoms with Gasteiger partial charge in [0.05, 0.1) is 0 Å². The molecule has 0 aliphatic carbocycles. The molecule has 1 heterocycles. The molecule has 1 rings (SSSR count). The van der Waals surface area contributed by atoms with Crippen LogP contribution in [0.2, 0.25) is 0 Å². The molecule has 0 saturated carbocycles.